The second-order valence-corrected chi connectivity index (χ2v) is 6.75. The zero-order chi connectivity index (χ0) is 18.5. The molecule has 1 N–H and O–H groups in total. The number of morpholine rings is 1. The molecular weight excluding hydrogens is 352 g/mol. The van der Waals surface area contributed by atoms with Crippen LogP contribution in [0.3, 0.4) is 0 Å². The average molecular weight is 375 g/mol. The third-order valence-electron chi connectivity index (χ3n) is 4.29. The van der Waals surface area contributed by atoms with Gasteiger partial charge in [-0.3, -0.25) is 4.79 Å². The molecule has 1 heterocycles. The van der Waals surface area contributed by atoms with E-state index in [0.717, 1.165) is 35.7 Å². The summed E-state index contributed by atoms with van der Waals surface area (Å²) in [6, 6.07) is 11.4. The Hall–Kier alpha value is -2.24. The van der Waals surface area contributed by atoms with Crippen LogP contribution in [0.25, 0.3) is 0 Å². The summed E-state index contributed by atoms with van der Waals surface area (Å²) in [6.07, 6.45) is 0. The monoisotopic (exact) mass is 374 g/mol. The largest absolute Gasteiger partial charge is 0.483 e. The van der Waals surface area contributed by atoms with Gasteiger partial charge in [-0.2, -0.15) is 0 Å². The van der Waals surface area contributed by atoms with Gasteiger partial charge in [-0.25, -0.2) is 0 Å². The minimum absolute atomic E-state index is 0.0562. The fraction of sp³-hybridized carbons (Fsp3) is 0.350. The number of nitrogens with zero attached hydrogens (tertiary/aromatic N) is 1. The summed E-state index contributed by atoms with van der Waals surface area (Å²) in [4.78, 5) is 14.5. The number of hydrogen-bond acceptors (Lipinski definition) is 4. The molecule has 1 amide bonds. The van der Waals surface area contributed by atoms with Crippen molar-refractivity contribution in [1.82, 2.24) is 0 Å². The number of halogens is 1. The Morgan fingerprint density at radius 2 is 2.00 bits per heavy atom. The number of anilines is 2. The summed E-state index contributed by atoms with van der Waals surface area (Å²) >= 11 is 6.39. The van der Waals surface area contributed by atoms with Gasteiger partial charge in [-0.1, -0.05) is 29.8 Å². The van der Waals surface area contributed by atoms with Gasteiger partial charge in [0.05, 0.1) is 29.6 Å². The molecule has 0 radical (unpaired) electrons. The predicted molar refractivity (Wildman–Crippen MR) is 105 cm³/mol. The summed E-state index contributed by atoms with van der Waals surface area (Å²) in [5.41, 5.74) is 3.61. The highest BCUT2D eigenvalue weighted by molar-refractivity contribution is 6.34. The highest BCUT2D eigenvalue weighted by Gasteiger charge is 2.19. The Morgan fingerprint density at radius 3 is 2.77 bits per heavy atom. The van der Waals surface area contributed by atoms with Gasteiger partial charge in [-0.05, 0) is 43.2 Å². The van der Waals surface area contributed by atoms with Crippen LogP contribution in [-0.4, -0.2) is 38.8 Å². The summed E-state index contributed by atoms with van der Waals surface area (Å²) in [5.74, 6) is 0.502. The number of carbonyl (C=O) groups is 1. The Balaban J connectivity index is 1.69. The van der Waals surface area contributed by atoms with E-state index in [1.807, 2.05) is 50.2 Å². The van der Waals surface area contributed by atoms with E-state index in [2.05, 4.69) is 10.2 Å². The molecule has 5 nitrogen and oxygen atoms in total. The van der Waals surface area contributed by atoms with Gasteiger partial charge in [0, 0.05) is 13.1 Å². The molecule has 1 aliphatic rings. The number of nitrogens with one attached hydrogen (secondary N) is 1. The van der Waals surface area contributed by atoms with E-state index in [1.54, 1.807) is 0 Å². The first-order valence-electron chi connectivity index (χ1n) is 8.65. The minimum Gasteiger partial charge on any atom is -0.483 e. The van der Waals surface area contributed by atoms with Gasteiger partial charge in [-0.15, -0.1) is 0 Å². The van der Waals surface area contributed by atoms with Crippen LogP contribution in [0.4, 0.5) is 11.4 Å². The van der Waals surface area contributed by atoms with E-state index in [4.69, 9.17) is 21.1 Å². The van der Waals surface area contributed by atoms with Crippen molar-refractivity contribution in [2.45, 2.75) is 13.8 Å². The maximum atomic E-state index is 12.4. The molecule has 2 aromatic carbocycles. The topological polar surface area (TPSA) is 50.8 Å². The molecule has 6 heteroatoms. The first-order chi connectivity index (χ1) is 12.5. The smallest absolute Gasteiger partial charge is 0.262 e. The van der Waals surface area contributed by atoms with E-state index in [9.17, 15) is 4.79 Å². The second-order valence-electron chi connectivity index (χ2n) is 6.34. The lowest BCUT2D eigenvalue weighted by Crippen LogP contribution is -2.37. The van der Waals surface area contributed by atoms with Crippen molar-refractivity contribution in [2.24, 2.45) is 0 Å². The molecule has 138 valence electrons. The van der Waals surface area contributed by atoms with E-state index in [0.29, 0.717) is 23.9 Å². The standard InChI is InChI=1S/C20H23ClN2O3/c1-14-6-7-15(2)18(12-14)26-13-19(24)22-17-5-3-4-16(21)20(17)23-8-10-25-11-9-23/h3-7,12H,8-11,13H2,1-2H3,(H,22,24). The van der Waals surface area contributed by atoms with Gasteiger partial charge < -0.3 is 19.7 Å². The lowest BCUT2D eigenvalue weighted by Gasteiger charge is -2.31. The number of benzene rings is 2. The second kappa shape index (κ2) is 8.43. The lowest BCUT2D eigenvalue weighted by atomic mass is 10.1. The molecule has 0 spiro atoms. The summed E-state index contributed by atoms with van der Waals surface area (Å²) in [7, 11) is 0. The molecule has 0 atom stereocenters. The number of ether oxygens (including phenoxy) is 2. The molecule has 0 unspecified atom stereocenters. The normalized spacial score (nSPS) is 14.2. The number of carbonyl (C=O) groups excluding carboxylic acids is 1. The molecule has 0 aromatic heterocycles. The molecule has 1 aliphatic heterocycles. The zero-order valence-corrected chi connectivity index (χ0v) is 15.8. The van der Waals surface area contributed by atoms with Gasteiger partial charge in [0.15, 0.2) is 6.61 Å². The highest BCUT2D eigenvalue weighted by atomic mass is 35.5. The molecule has 26 heavy (non-hydrogen) atoms. The lowest BCUT2D eigenvalue weighted by molar-refractivity contribution is -0.118. The van der Waals surface area contributed by atoms with Crippen molar-refractivity contribution in [1.29, 1.82) is 0 Å². The van der Waals surface area contributed by atoms with Crippen molar-refractivity contribution in [3.8, 4) is 5.75 Å². The molecule has 1 saturated heterocycles. The molecule has 0 bridgehead atoms. The molecular formula is C20H23ClN2O3. The van der Waals surface area contributed by atoms with Gasteiger partial charge in [0.2, 0.25) is 0 Å². The minimum atomic E-state index is -0.220. The summed E-state index contributed by atoms with van der Waals surface area (Å²) in [6.45, 7) is 6.67. The maximum absolute atomic E-state index is 12.4. The average Bonchev–Trinajstić information content (AvgIpc) is 2.63. The van der Waals surface area contributed by atoms with Crippen LogP contribution >= 0.6 is 11.6 Å². The number of hydrogen-bond donors (Lipinski definition) is 1. The third kappa shape index (κ3) is 4.48. The molecule has 3 rings (SSSR count). The molecule has 2 aromatic rings. The van der Waals surface area contributed by atoms with Crippen molar-refractivity contribution in [3.63, 3.8) is 0 Å². The maximum Gasteiger partial charge on any atom is 0.262 e. The van der Waals surface area contributed by atoms with Gasteiger partial charge in [0.1, 0.15) is 5.75 Å². The Labute approximate surface area is 158 Å². The van der Waals surface area contributed by atoms with Crippen LogP contribution in [0.2, 0.25) is 5.02 Å². The SMILES string of the molecule is Cc1ccc(C)c(OCC(=O)Nc2cccc(Cl)c2N2CCOCC2)c1. The highest BCUT2D eigenvalue weighted by Crippen LogP contribution is 2.34. The van der Waals surface area contributed by atoms with Crippen molar-refractivity contribution in [2.75, 3.05) is 43.1 Å². The summed E-state index contributed by atoms with van der Waals surface area (Å²) < 4.78 is 11.1. The van der Waals surface area contributed by atoms with Gasteiger partial charge >= 0.3 is 0 Å². The van der Waals surface area contributed by atoms with Crippen molar-refractivity contribution >= 4 is 28.9 Å². The number of amides is 1. The van der Waals surface area contributed by atoms with Crippen LogP contribution in [0.1, 0.15) is 11.1 Å². The van der Waals surface area contributed by atoms with Crippen LogP contribution in [-0.2, 0) is 9.53 Å². The van der Waals surface area contributed by atoms with Crippen molar-refractivity contribution in [3.05, 3.63) is 52.5 Å². The Kier molecular flexibility index (Phi) is 6.01. The molecule has 1 fully saturated rings. The van der Waals surface area contributed by atoms with E-state index in [1.165, 1.54) is 0 Å². The van der Waals surface area contributed by atoms with Gasteiger partial charge in [0.25, 0.3) is 5.91 Å². The quantitative estimate of drug-likeness (QED) is 0.864. The number of rotatable bonds is 5. The molecule has 0 aliphatic carbocycles. The number of aryl methyl sites for hydroxylation is 2. The van der Waals surface area contributed by atoms with Crippen LogP contribution in [0.5, 0.6) is 5.75 Å². The third-order valence-corrected chi connectivity index (χ3v) is 4.60. The first kappa shape index (κ1) is 18.5. The summed E-state index contributed by atoms with van der Waals surface area (Å²) in [5, 5.41) is 3.53. The zero-order valence-electron chi connectivity index (χ0n) is 15.0. The number of para-hydroxylation sites is 1. The van der Waals surface area contributed by atoms with Crippen LogP contribution in [0.15, 0.2) is 36.4 Å². The fourth-order valence-electron chi connectivity index (χ4n) is 2.92. The Bertz CT molecular complexity index is 789. The first-order valence-corrected chi connectivity index (χ1v) is 9.03. The van der Waals surface area contributed by atoms with Crippen molar-refractivity contribution < 1.29 is 14.3 Å². The van der Waals surface area contributed by atoms with Crippen LogP contribution < -0.4 is 15.0 Å². The fourth-order valence-corrected chi connectivity index (χ4v) is 3.21. The predicted octanol–water partition coefficient (Wildman–Crippen LogP) is 3.81. The Morgan fingerprint density at radius 1 is 1.23 bits per heavy atom. The van der Waals surface area contributed by atoms with E-state index < -0.39 is 0 Å². The van der Waals surface area contributed by atoms with Crippen LogP contribution in [0, 0.1) is 13.8 Å². The van der Waals surface area contributed by atoms with E-state index in [-0.39, 0.29) is 12.5 Å². The molecule has 0 saturated carbocycles. The van der Waals surface area contributed by atoms with E-state index >= 15 is 0 Å².